The van der Waals surface area contributed by atoms with E-state index in [-0.39, 0.29) is 36.7 Å². The normalized spacial score (nSPS) is 16.6. The van der Waals surface area contributed by atoms with E-state index in [0.29, 0.717) is 37.6 Å². The number of nitrogens with one attached hydrogen (secondary N) is 1. The summed E-state index contributed by atoms with van der Waals surface area (Å²) in [6, 6.07) is 5.42. The zero-order chi connectivity index (χ0) is 19.4. The highest BCUT2D eigenvalue weighted by atomic mass is 16.5. The average molecular weight is 373 g/mol. The van der Waals surface area contributed by atoms with Crippen LogP contribution in [0.5, 0.6) is 5.75 Å². The Morgan fingerprint density at radius 2 is 1.78 bits per heavy atom. The number of carbonyl (C=O) groups excluding carboxylic acids is 3. The highest BCUT2D eigenvalue weighted by Crippen LogP contribution is 2.28. The molecule has 0 unspecified atom stereocenters. The van der Waals surface area contributed by atoms with Crippen molar-refractivity contribution in [2.45, 2.75) is 33.1 Å². The third kappa shape index (κ3) is 4.40. The fourth-order valence-electron chi connectivity index (χ4n) is 3.60. The molecule has 0 bridgehead atoms. The summed E-state index contributed by atoms with van der Waals surface area (Å²) in [7, 11) is 0. The van der Waals surface area contributed by atoms with E-state index in [1.54, 1.807) is 12.1 Å². The minimum absolute atomic E-state index is 0.0190. The monoisotopic (exact) mass is 373 g/mol. The molecule has 2 aliphatic rings. The SMILES string of the molecule is CCC(CC)C(=O)N1CCN(C(=O)Cc2ccc3c(c2)NC(=O)CO3)CC1. The molecule has 2 heterocycles. The highest BCUT2D eigenvalue weighted by molar-refractivity contribution is 5.95. The van der Waals surface area contributed by atoms with Gasteiger partial charge in [0.15, 0.2) is 6.61 Å². The van der Waals surface area contributed by atoms with Gasteiger partial charge in [-0.1, -0.05) is 19.9 Å². The number of rotatable bonds is 5. The maximum atomic E-state index is 12.6. The van der Waals surface area contributed by atoms with Gasteiger partial charge in [-0.25, -0.2) is 0 Å². The van der Waals surface area contributed by atoms with Crippen LogP contribution in [-0.4, -0.2) is 60.3 Å². The van der Waals surface area contributed by atoms with Crippen LogP contribution in [0.2, 0.25) is 0 Å². The third-order valence-corrected chi connectivity index (χ3v) is 5.31. The van der Waals surface area contributed by atoms with E-state index in [9.17, 15) is 14.4 Å². The lowest BCUT2D eigenvalue weighted by Gasteiger charge is -2.36. The molecule has 27 heavy (non-hydrogen) atoms. The van der Waals surface area contributed by atoms with Gasteiger partial charge < -0.3 is 19.9 Å². The van der Waals surface area contributed by atoms with E-state index in [1.807, 2.05) is 29.7 Å². The van der Waals surface area contributed by atoms with Crippen LogP contribution in [0.25, 0.3) is 0 Å². The number of benzene rings is 1. The van der Waals surface area contributed by atoms with E-state index >= 15 is 0 Å². The number of hydrogen-bond donors (Lipinski definition) is 1. The summed E-state index contributed by atoms with van der Waals surface area (Å²) < 4.78 is 5.34. The van der Waals surface area contributed by atoms with E-state index in [4.69, 9.17) is 4.74 Å². The van der Waals surface area contributed by atoms with Crippen LogP contribution >= 0.6 is 0 Å². The lowest BCUT2D eigenvalue weighted by atomic mass is 10.0. The van der Waals surface area contributed by atoms with Crippen LogP contribution in [0.1, 0.15) is 32.3 Å². The molecule has 0 aliphatic carbocycles. The van der Waals surface area contributed by atoms with E-state index in [0.717, 1.165) is 18.4 Å². The fourth-order valence-corrected chi connectivity index (χ4v) is 3.60. The Balaban J connectivity index is 1.55. The number of piperazine rings is 1. The molecular formula is C20H27N3O4. The predicted molar refractivity (Wildman–Crippen MR) is 102 cm³/mol. The Kier molecular flexibility index (Phi) is 5.98. The topological polar surface area (TPSA) is 79.0 Å². The molecule has 1 saturated heterocycles. The van der Waals surface area contributed by atoms with Crippen LogP contribution in [0, 0.1) is 5.92 Å². The van der Waals surface area contributed by atoms with Gasteiger partial charge in [-0.2, -0.15) is 0 Å². The van der Waals surface area contributed by atoms with Crippen LogP contribution in [0.3, 0.4) is 0 Å². The molecule has 1 N–H and O–H groups in total. The van der Waals surface area contributed by atoms with Gasteiger partial charge in [0.1, 0.15) is 5.75 Å². The van der Waals surface area contributed by atoms with Gasteiger partial charge in [0.25, 0.3) is 5.91 Å². The first-order valence-electron chi connectivity index (χ1n) is 9.64. The zero-order valence-electron chi connectivity index (χ0n) is 16.0. The fraction of sp³-hybridized carbons (Fsp3) is 0.550. The first-order valence-corrected chi connectivity index (χ1v) is 9.64. The summed E-state index contributed by atoms with van der Waals surface area (Å²) in [6.45, 7) is 6.41. The van der Waals surface area contributed by atoms with Gasteiger partial charge in [-0.15, -0.1) is 0 Å². The molecule has 7 heteroatoms. The van der Waals surface area contributed by atoms with Crippen molar-refractivity contribution in [1.29, 1.82) is 0 Å². The Morgan fingerprint density at radius 3 is 2.44 bits per heavy atom. The Morgan fingerprint density at radius 1 is 1.11 bits per heavy atom. The quantitative estimate of drug-likeness (QED) is 0.852. The van der Waals surface area contributed by atoms with Crippen LogP contribution in [0.15, 0.2) is 18.2 Å². The summed E-state index contributed by atoms with van der Waals surface area (Å²) in [5.74, 6) is 0.758. The summed E-state index contributed by atoms with van der Waals surface area (Å²) in [5, 5.41) is 2.76. The molecule has 1 aromatic carbocycles. The van der Waals surface area contributed by atoms with Gasteiger partial charge in [0.2, 0.25) is 11.8 Å². The van der Waals surface area contributed by atoms with Crippen LogP contribution in [0.4, 0.5) is 5.69 Å². The molecule has 7 nitrogen and oxygen atoms in total. The Hall–Kier alpha value is -2.57. The van der Waals surface area contributed by atoms with E-state index in [1.165, 1.54) is 0 Å². The summed E-state index contributed by atoms with van der Waals surface area (Å²) >= 11 is 0. The van der Waals surface area contributed by atoms with Gasteiger partial charge in [0.05, 0.1) is 12.1 Å². The summed E-state index contributed by atoms with van der Waals surface area (Å²) in [5.41, 5.74) is 1.44. The van der Waals surface area contributed by atoms with Gasteiger partial charge in [0, 0.05) is 32.1 Å². The molecule has 0 aromatic heterocycles. The number of fused-ring (bicyclic) bond motifs is 1. The van der Waals surface area contributed by atoms with Crippen molar-refractivity contribution in [2.24, 2.45) is 5.92 Å². The molecule has 146 valence electrons. The molecule has 3 rings (SSSR count). The van der Waals surface area contributed by atoms with Gasteiger partial charge >= 0.3 is 0 Å². The second kappa shape index (κ2) is 8.41. The lowest BCUT2D eigenvalue weighted by molar-refractivity contribution is -0.142. The van der Waals surface area contributed by atoms with Crippen molar-refractivity contribution in [3.8, 4) is 5.75 Å². The maximum Gasteiger partial charge on any atom is 0.262 e. The second-order valence-electron chi connectivity index (χ2n) is 7.06. The number of ether oxygens (including phenoxy) is 1. The van der Waals surface area contributed by atoms with Crippen molar-refractivity contribution < 1.29 is 19.1 Å². The molecule has 0 spiro atoms. The molecular weight excluding hydrogens is 346 g/mol. The minimum Gasteiger partial charge on any atom is -0.482 e. The third-order valence-electron chi connectivity index (χ3n) is 5.31. The van der Waals surface area contributed by atoms with E-state index < -0.39 is 0 Å². The van der Waals surface area contributed by atoms with Crippen molar-refractivity contribution in [2.75, 3.05) is 38.1 Å². The molecule has 0 atom stereocenters. The van der Waals surface area contributed by atoms with Gasteiger partial charge in [-0.3, -0.25) is 14.4 Å². The summed E-state index contributed by atoms with van der Waals surface area (Å²) in [6.07, 6.45) is 1.98. The number of anilines is 1. The summed E-state index contributed by atoms with van der Waals surface area (Å²) in [4.78, 5) is 40.2. The molecule has 1 fully saturated rings. The maximum absolute atomic E-state index is 12.6. The largest absolute Gasteiger partial charge is 0.482 e. The highest BCUT2D eigenvalue weighted by Gasteiger charge is 2.27. The van der Waals surface area contributed by atoms with Crippen molar-refractivity contribution in [1.82, 2.24) is 9.80 Å². The van der Waals surface area contributed by atoms with E-state index in [2.05, 4.69) is 5.32 Å². The molecule has 0 radical (unpaired) electrons. The molecule has 0 saturated carbocycles. The molecule has 3 amide bonds. The molecule has 1 aromatic rings. The number of hydrogen-bond acceptors (Lipinski definition) is 4. The number of carbonyl (C=O) groups is 3. The number of nitrogens with zero attached hydrogens (tertiary/aromatic N) is 2. The zero-order valence-corrected chi connectivity index (χ0v) is 16.0. The smallest absolute Gasteiger partial charge is 0.262 e. The first kappa shape index (κ1) is 19.2. The van der Waals surface area contributed by atoms with Crippen LogP contribution < -0.4 is 10.1 Å². The lowest BCUT2D eigenvalue weighted by Crippen LogP contribution is -2.52. The van der Waals surface area contributed by atoms with Crippen molar-refractivity contribution in [3.05, 3.63) is 23.8 Å². The van der Waals surface area contributed by atoms with Crippen molar-refractivity contribution >= 4 is 23.4 Å². The standard InChI is InChI=1S/C20H27N3O4/c1-3-15(4-2)20(26)23-9-7-22(8-10-23)19(25)12-14-5-6-17-16(11-14)21-18(24)13-27-17/h5-6,11,15H,3-4,7-10,12-13H2,1-2H3,(H,21,24). The van der Waals surface area contributed by atoms with Crippen molar-refractivity contribution in [3.63, 3.8) is 0 Å². The molecule has 2 aliphatic heterocycles. The van der Waals surface area contributed by atoms with Gasteiger partial charge in [-0.05, 0) is 30.5 Å². The minimum atomic E-state index is -0.191. The predicted octanol–water partition coefficient (Wildman–Crippen LogP) is 1.67. The average Bonchev–Trinajstić information content (AvgIpc) is 2.68. The van der Waals surface area contributed by atoms with Crippen LogP contribution in [-0.2, 0) is 20.8 Å². The first-order chi connectivity index (χ1) is 13.0. The Labute approximate surface area is 159 Å². The number of amides is 3. The second-order valence-corrected chi connectivity index (χ2v) is 7.06. The Bertz CT molecular complexity index is 722.